The number of rotatable bonds is 3. The van der Waals surface area contributed by atoms with Gasteiger partial charge in [-0.2, -0.15) is 0 Å². The first-order valence-corrected chi connectivity index (χ1v) is 6.38. The number of hydrogen-bond donors (Lipinski definition) is 1. The van der Waals surface area contributed by atoms with Crippen molar-refractivity contribution in [3.05, 3.63) is 23.8 Å². The number of anilines is 1. The van der Waals surface area contributed by atoms with Gasteiger partial charge in [0.25, 0.3) is 0 Å². The van der Waals surface area contributed by atoms with Crippen LogP contribution in [0.25, 0.3) is 0 Å². The molecule has 98 valence electrons. The Bertz CT molecular complexity index is 423. The quantitative estimate of drug-likeness (QED) is 0.895. The molecule has 0 unspecified atom stereocenters. The van der Waals surface area contributed by atoms with Gasteiger partial charge in [-0.25, -0.2) is 4.79 Å². The normalized spacial score (nSPS) is 16.2. The van der Waals surface area contributed by atoms with Crippen molar-refractivity contribution in [2.45, 2.75) is 25.7 Å². The molecule has 0 aromatic heterocycles. The second-order valence-corrected chi connectivity index (χ2v) is 4.59. The van der Waals surface area contributed by atoms with E-state index < -0.39 is 5.97 Å². The largest absolute Gasteiger partial charge is 0.495 e. The van der Waals surface area contributed by atoms with Crippen molar-refractivity contribution in [2.24, 2.45) is 0 Å². The Morgan fingerprint density at radius 2 is 1.89 bits per heavy atom. The number of benzene rings is 1. The highest BCUT2D eigenvalue weighted by Crippen LogP contribution is 2.31. The molecule has 18 heavy (non-hydrogen) atoms. The maximum atomic E-state index is 11.0. The van der Waals surface area contributed by atoms with Crippen molar-refractivity contribution in [3.63, 3.8) is 0 Å². The van der Waals surface area contributed by atoms with E-state index in [2.05, 4.69) is 4.90 Å². The van der Waals surface area contributed by atoms with Gasteiger partial charge < -0.3 is 14.7 Å². The molecule has 0 radical (unpaired) electrons. The lowest BCUT2D eigenvalue weighted by molar-refractivity contribution is 0.0697. The molecule has 0 atom stereocenters. The van der Waals surface area contributed by atoms with Crippen LogP contribution < -0.4 is 9.64 Å². The summed E-state index contributed by atoms with van der Waals surface area (Å²) in [6, 6.07) is 5.04. The van der Waals surface area contributed by atoms with E-state index in [1.54, 1.807) is 25.3 Å². The van der Waals surface area contributed by atoms with Crippen molar-refractivity contribution in [1.82, 2.24) is 0 Å². The van der Waals surface area contributed by atoms with Crippen molar-refractivity contribution in [2.75, 3.05) is 25.1 Å². The van der Waals surface area contributed by atoms with Crippen LogP contribution in [0.5, 0.6) is 5.75 Å². The van der Waals surface area contributed by atoms with Gasteiger partial charge in [0.2, 0.25) is 0 Å². The smallest absolute Gasteiger partial charge is 0.335 e. The van der Waals surface area contributed by atoms with Crippen LogP contribution >= 0.6 is 0 Å². The zero-order chi connectivity index (χ0) is 13.0. The molecule has 1 aromatic carbocycles. The average molecular weight is 249 g/mol. The van der Waals surface area contributed by atoms with E-state index >= 15 is 0 Å². The fraction of sp³-hybridized carbons (Fsp3) is 0.500. The van der Waals surface area contributed by atoms with E-state index in [4.69, 9.17) is 9.84 Å². The zero-order valence-electron chi connectivity index (χ0n) is 10.7. The summed E-state index contributed by atoms with van der Waals surface area (Å²) in [5, 5.41) is 9.07. The van der Waals surface area contributed by atoms with Crippen LogP contribution in [0.3, 0.4) is 0 Å². The first kappa shape index (κ1) is 12.7. The van der Waals surface area contributed by atoms with Gasteiger partial charge in [-0.3, -0.25) is 0 Å². The number of methoxy groups -OCH3 is 1. The molecule has 0 spiro atoms. The number of nitrogens with zero attached hydrogens (tertiary/aromatic N) is 1. The van der Waals surface area contributed by atoms with E-state index in [0.29, 0.717) is 5.56 Å². The molecule has 0 amide bonds. The summed E-state index contributed by atoms with van der Waals surface area (Å²) in [7, 11) is 1.62. The third kappa shape index (κ3) is 2.75. The number of carboxylic acids is 1. The SMILES string of the molecule is COc1ccc(C(=O)O)cc1N1CCCCCC1. The first-order chi connectivity index (χ1) is 8.72. The Balaban J connectivity index is 2.32. The number of aromatic carboxylic acids is 1. The van der Waals surface area contributed by atoms with Gasteiger partial charge >= 0.3 is 5.97 Å². The van der Waals surface area contributed by atoms with Gasteiger partial charge in [0, 0.05) is 13.1 Å². The van der Waals surface area contributed by atoms with Crippen LogP contribution in [0.15, 0.2) is 18.2 Å². The van der Waals surface area contributed by atoms with Crippen molar-refractivity contribution in [3.8, 4) is 5.75 Å². The summed E-state index contributed by atoms with van der Waals surface area (Å²) in [5.74, 6) is -0.143. The fourth-order valence-corrected chi connectivity index (χ4v) is 2.38. The maximum Gasteiger partial charge on any atom is 0.335 e. The van der Waals surface area contributed by atoms with Gasteiger partial charge in [0.1, 0.15) is 5.75 Å². The molecule has 0 saturated carbocycles. The van der Waals surface area contributed by atoms with E-state index in [-0.39, 0.29) is 0 Å². The lowest BCUT2D eigenvalue weighted by Gasteiger charge is -2.25. The number of ether oxygens (including phenoxy) is 1. The minimum Gasteiger partial charge on any atom is -0.495 e. The van der Waals surface area contributed by atoms with Crippen molar-refractivity contribution in [1.29, 1.82) is 0 Å². The lowest BCUT2D eigenvalue weighted by atomic mass is 10.1. The molecule has 1 fully saturated rings. The van der Waals surface area contributed by atoms with Gasteiger partial charge in [-0.1, -0.05) is 12.8 Å². The van der Waals surface area contributed by atoms with Crippen molar-refractivity contribution < 1.29 is 14.6 Å². The predicted octanol–water partition coefficient (Wildman–Crippen LogP) is 2.77. The molecule has 1 aliphatic rings. The van der Waals surface area contributed by atoms with Crippen LogP contribution in [0.1, 0.15) is 36.0 Å². The van der Waals surface area contributed by atoms with Crippen LogP contribution in [0.2, 0.25) is 0 Å². The minimum atomic E-state index is -0.895. The highest BCUT2D eigenvalue weighted by atomic mass is 16.5. The average Bonchev–Trinajstić information content (AvgIpc) is 2.66. The van der Waals surface area contributed by atoms with Gasteiger partial charge in [0.05, 0.1) is 18.4 Å². The molecule has 4 nitrogen and oxygen atoms in total. The summed E-state index contributed by atoms with van der Waals surface area (Å²) in [6.45, 7) is 1.94. The molecule has 1 aromatic rings. The fourth-order valence-electron chi connectivity index (χ4n) is 2.38. The standard InChI is InChI=1S/C14H19NO3/c1-18-13-7-6-11(14(16)17)10-12(13)15-8-4-2-3-5-9-15/h6-7,10H,2-5,8-9H2,1H3,(H,16,17). The second-order valence-electron chi connectivity index (χ2n) is 4.59. The maximum absolute atomic E-state index is 11.0. The van der Waals surface area contributed by atoms with E-state index in [9.17, 15) is 4.79 Å². The van der Waals surface area contributed by atoms with E-state index in [0.717, 1.165) is 37.4 Å². The topological polar surface area (TPSA) is 49.8 Å². The molecule has 0 aliphatic carbocycles. The van der Waals surface area contributed by atoms with Crippen molar-refractivity contribution >= 4 is 11.7 Å². The van der Waals surface area contributed by atoms with Gasteiger partial charge in [-0.15, -0.1) is 0 Å². The third-order valence-electron chi connectivity index (χ3n) is 3.37. The molecule has 4 heteroatoms. The number of hydrogen-bond acceptors (Lipinski definition) is 3. The van der Waals surface area contributed by atoms with Gasteiger partial charge in [-0.05, 0) is 31.0 Å². The molecule has 2 rings (SSSR count). The summed E-state index contributed by atoms with van der Waals surface area (Å²) in [6.07, 6.45) is 4.80. The summed E-state index contributed by atoms with van der Waals surface area (Å²) < 4.78 is 5.34. The second kappa shape index (κ2) is 5.76. The highest BCUT2D eigenvalue weighted by Gasteiger charge is 2.16. The van der Waals surface area contributed by atoms with Crippen LogP contribution in [0.4, 0.5) is 5.69 Å². The molecule has 0 bridgehead atoms. The monoisotopic (exact) mass is 249 g/mol. The summed E-state index contributed by atoms with van der Waals surface area (Å²) in [5.41, 5.74) is 1.22. The highest BCUT2D eigenvalue weighted by molar-refractivity contribution is 5.89. The number of carbonyl (C=O) groups is 1. The van der Waals surface area contributed by atoms with Crippen LogP contribution in [-0.2, 0) is 0 Å². The van der Waals surface area contributed by atoms with E-state index in [1.807, 2.05) is 0 Å². The molecular formula is C14H19NO3. The predicted molar refractivity (Wildman–Crippen MR) is 70.6 cm³/mol. The molecule has 1 aliphatic heterocycles. The van der Waals surface area contributed by atoms with Crippen LogP contribution in [-0.4, -0.2) is 31.3 Å². The summed E-state index contributed by atoms with van der Waals surface area (Å²) >= 11 is 0. The first-order valence-electron chi connectivity index (χ1n) is 6.38. The van der Waals surface area contributed by atoms with Gasteiger partial charge in [0.15, 0.2) is 0 Å². The van der Waals surface area contributed by atoms with E-state index in [1.165, 1.54) is 12.8 Å². The molecule has 1 saturated heterocycles. The Labute approximate surface area is 107 Å². The molecule has 1 N–H and O–H groups in total. The Hall–Kier alpha value is -1.71. The minimum absolute atomic E-state index is 0.315. The third-order valence-corrected chi connectivity index (χ3v) is 3.37. The summed E-state index contributed by atoms with van der Waals surface area (Å²) in [4.78, 5) is 13.3. The zero-order valence-corrected chi connectivity index (χ0v) is 10.7. The molecular weight excluding hydrogens is 230 g/mol. The Kier molecular flexibility index (Phi) is 4.07. The van der Waals surface area contributed by atoms with Crippen LogP contribution in [0, 0.1) is 0 Å². The molecule has 1 heterocycles. The Morgan fingerprint density at radius 1 is 1.22 bits per heavy atom. The number of carboxylic acid groups (broad SMARTS) is 1. The lowest BCUT2D eigenvalue weighted by Crippen LogP contribution is -2.24. The Morgan fingerprint density at radius 3 is 2.44 bits per heavy atom.